The van der Waals surface area contributed by atoms with E-state index in [4.69, 9.17) is 11.6 Å². The minimum absolute atomic E-state index is 0.0926. The molecule has 1 N–H and O–H groups in total. The highest BCUT2D eigenvalue weighted by Crippen LogP contribution is 2.25. The number of rotatable bonds is 6. The van der Waals surface area contributed by atoms with E-state index in [1.165, 1.54) is 31.3 Å². The van der Waals surface area contributed by atoms with Gasteiger partial charge in [-0.25, -0.2) is 8.42 Å². The number of benzene rings is 3. The lowest BCUT2D eigenvalue weighted by molar-refractivity contribution is 0.0725. The Balaban J connectivity index is 1.49. The van der Waals surface area contributed by atoms with Crippen LogP contribution < -0.4 is 9.62 Å². The van der Waals surface area contributed by atoms with Gasteiger partial charge >= 0.3 is 0 Å². The Morgan fingerprint density at radius 3 is 2.17 bits per heavy atom. The molecular weight excluding hydrogens is 486 g/mol. The van der Waals surface area contributed by atoms with Crippen LogP contribution in [0.1, 0.15) is 40.0 Å². The molecule has 1 aliphatic heterocycles. The second-order valence-corrected chi connectivity index (χ2v) is 10.7. The number of amides is 2. The van der Waals surface area contributed by atoms with E-state index in [1.807, 2.05) is 4.90 Å². The van der Waals surface area contributed by atoms with Crippen LogP contribution in [0.25, 0.3) is 0 Å². The van der Waals surface area contributed by atoms with Gasteiger partial charge in [-0.2, -0.15) is 0 Å². The number of hydrogen-bond acceptors (Lipinski definition) is 4. The van der Waals surface area contributed by atoms with E-state index in [0.717, 1.165) is 36.7 Å². The first-order valence-electron chi connectivity index (χ1n) is 11.3. The topological polar surface area (TPSA) is 86.8 Å². The zero-order chi connectivity index (χ0) is 25.0. The standard InChI is InChI=1S/C26H26ClN3O4S/c1-29(35(33,34)22-15-11-20(27)12-16-22)21-13-9-19(10-14-21)25(31)28-24-8-4-3-7-23(24)26(32)30-17-5-2-6-18-30/h3-4,7-16H,2,5-6,17-18H2,1H3,(H,28,31). The Labute approximate surface area is 210 Å². The number of nitrogens with one attached hydrogen (secondary N) is 1. The van der Waals surface area contributed by atoms with Crippen LogP contribution in [0.3, 0.4) is 0 Å². The molecule has 1 heterocycles. The Morgan fingerprint density at radius 1 is 0.886 bits per heavy atom. The van der Waals surface area contributed by atoms with Crippen molar-refractivity contribution in [1.29, 1.82) is 0 Å². The molecule has 1 fully saturated rings. The number of nitrogens with zero attached hydrogens (tertiary/aromatic N) is 2. The van der Waals surface area contributed by atoms with Crippen LogP contribution in [0.5, 0.6) is 0 Å². The smallest absolute Gasteiger partial charge is 0.264 e. The number of halogens is 1. The molecule has 0 aliphatic carbocycles. The monoisotopic (exact) mass is 511 g/mol. The molecule has 9 heteroatoms. The number of likely N-dealkylation sites (tertiary alicyclic amines) is 1. The fourth-order valence-electron chi connectivity index (χ4n) is 3.97. The second kappa shape index (κ2) is 10.5. The first kappa shape index (κ1) is 24.8. The van der Waals surface area contributed by atoms with Crippen molar-refractivity contribution >= 4 is 44.8 Å². The summed E-state index contributed by atoms with van der Waals surface area (Å²) in [6, 6.07) is 19.1. The summed E-state index contributed by atoms with van der Waals surface area (Å²) in [6.07, 6.45) is 3.08. The van der Waals surface area contributed by atoms with Crippen LogP contribution in [-0.2, 0) is 10.0 Å². The van der Waals surface area contributed by atoms with Crippen molar-refractivity contribution in [2.45, 2.75) is 24.2 Å². The molecule has 0 aromatic heterocycles. The Bertz CT molecular complexity index is 1320. The van der Waals surface area contributed by atoms with Gasteiger partial charge in [-0.15, -0.1) is 0 Å². The van der Waals surface area contributed by atoms with E-state index in [2.05, 4.69) is 5.32 Å². The molecule has 1 aliphatic rings. The third-order valence-corrected chi connectivity index (χ3v) is 8.07. The largest absolute Gasteiger partial charge is 0.339 e. The van der Waals surface area contributed by atoms with Gasteiger partial charge in [0.05, 0.1) is 21.8 Å². The number of piperidine rings is 1. The number of anilines is 2. The van der Waals surface area contributed by atoms with Crippen LogP contribution >= 0.6 is 11.6 Å². The molecule has 0 bridgehead atoms. The van der Waals surface area contributed by atoms with Crippen molar-refractivity contribution < 1.29 is 18.0 Å². The summed E-state index contributed by atoms with van der Waals surface area (Å²) >= 11 is 5.86. The molecule has 3 aromatic rings. The van der Waals surface area contributed by atoms with Gasteiger partial charge in [0.25, 0.3) is 21.8 Å². The summed E-state index contributed by atoms with van der Waals surface area (Å²) < 4.78 is 26.9. The van der Waals surface area contributed by atoms with Crippen molar-refractivity contribution in [2.24, 2.45) is 0 Å². The lowest BCUT2D eigenvalue weighted by atomic mass is 10.1. The van der Waals surface area contributed by atoms with E-state index < -0.39 is 15.9 Å². The van der Waals surface area contributed by atoms with Gasteiger partial charge in [-0.1, -0.05) is 23.7 Å². The summed E-state index contributed by atoms with van der Waals surface area (Å²) in [5.41, 5.74) is 1.64. The zero-order valence-electron chi connectivity index (χ0n) is 19.3. The maximum atomic E-state index is 13.0. The Kier molecular flexibility index (Phi) is 7.42. The summed E-state index contributed by atoms with van der Waals surface area (Å²) in [4.78, 5) is 27.8. The molecule has 35 heavy (non-hydrogen) atoms. The van der Waals surface area contributed by atoms with Crippen LogP contribution in [-0.4, -0.2) is 45.3 Å². The minimum Gasteiger partial charge on any atom is -0.339 e. The zero-order valence-corrected chi connectivity index (χ0v) is 20.8. The fraction of sp³-hybridized carbons (Fsp3) is 0.231. The van der Waals surface area contributed by atoms with E-state index >= 15 is 0 Å². The van der Waals surface area contributed by atoms with Crippen LogP contribution in [0, 0.1) is 0 Å². The quantitative estimate of drug-likeness (QED) is 0.502. The van der Waals surface area contributed by atoms with Gasteiger partial charge in [-0.3, -0.25) is 13.9 Å². The van der Waals surface area contributed by atoms with Gasteiger partial charge in [-0.05, 0) is 79.9 Å². The van der Waals surface area contributed by atoms with Crippen LogP contribution in [0.2, 0.25) is 5.02 Å². The van der Waals surface area contributed by atoms with Gasteiger partial charge in [0, 0.05) is 30.7 Å². The van der Waals surface area contributed by atoms with Crippen molar-refractivity contribution in [3.05, 3.63) is 88.9 Å². The highest BCUT2D eigenvalue weighted by atomic mass is 35.5. The molecule has 0 atom stereocenters. The highest BCUT2D eigenvalue weighted by molar-refractivity contribution is 7.92. The van der Waals surface area contributed by atoms with E-state index in [-0.39, 0.29) is 10.8 Å². The van der Waals surface area contributed by atoms with E-state index in [1.54, 1.807) is 48.5 Å². The molecule has 0 radical (unpaired) electrons. The molecular formula is C26H26ClN3O4S. The fourth-order valence-corrected chi connectivity index (χ4v) is 5.29. The number of para-hydroxylation sites is 1. The SMILES string of the molecule is CN(c1ccc(C(=O)Nc2ccccc2C(=O)N2CCCCC2)cc1)S(=O)(=O)c1ccc(Cl)cc1. The average Bonchev–Trinajstić information content (AvgIpc) is 2.89. The lowest BCUT2D eigenvalue weighted by Gasteiger charge is -2.27. The van der Waals surface area contributed by atoms with Gasteiger partial charge < -0.3 is 10.2 Å². The number of carbonyl (C=O) groups is 2. The first-order chi connectivity index (χ1) is 16.8. The summed E-state index contributed by atoms with van der Waals surface area (Å²) in [5.74, 6) is -0.483. The maximum Gasteiger partial charge on any atom is 0.264 e. The predicted octanol–water partition coefficient (Wildman–Crippen LogP) is 5.04. The lowest BCUT2D eigenvalue weighted by Crippen LogP contribution is -2.36. The molecule has 0 unspecified atom stereocenters. The molecule has 0 spiro atoms. The van der Waals surface area contributed by atoms with Crippen molar-refractivity contribution in [3.63, 3.8) is 0 Å². The van der Waals surface area contributed by atoms with Gasteiger partial charge in [0.2, 0.25) is 0 Å². The number of carbonyl (C=O) groups excluding carboxylic acids is 2. The number of hydrogen-bond donors (Lipinski definition) is 1. The van der Waals surface area contributed by atoms with Crippen LogP contribution in [0.15, 0.2) is 77.7 Å². The van der Waals surface area contributed by atoms with E-state index in [9.17, 15) is 18.0 Å². The van der Waals surface area contributed by atoms with Crippen molar-refractivity contribution in [3.8, 4) is 0 Å². The highest BCUT2D eigenvalue weighted by Gasteiger charge is 2.23. The second-order valence-electron chi connectivity index (χ2n) is 8.33. The average molecular weight is 512 g/mol. The normalized spacial score (nSPS) is 13.8. The Morgan fingerprint density at radius 2 is 1.51 bits per heavy atom. The molecule has 0 saturated carbocycles. The predicted molar refractivity (Wildman–Crippen MR) is 138 cm³/mol. The van der Waals surface area contributed by atoms with Crippen LogP contribution in [0.4, 0.5) is 11.4 Å². The molecule has 2 amide bonds. The van der Waals surface area contributed by atoms with Crippen molar-refractivity contribution in [1.82, 2.24) is 4.90 Å². The third kappa shape index (κ3) is 5.49. The minimum atomic E-state index is -3.78. The first-order valence-corrected chi connectivity index (χ1v) is 13.1. The van der Waals surface area contributed by atoms with Gasteiger partial charge in [0.15, 0.2) is 0 Å². The summed E-state index contributed by atoms with van der Waals surface area (Å²) in [5, 5.41) is 3.27. The molecule has 1 saturated heterocycles. The number of sulfonamides is 1. The third-order valence-electron chi connectivity index (χ3n) is 6.01. The molecule has 182 valence electrons. The maximum absolute atomic E-state index is 13.0. The molecule has 7 nitrogen and oxygen atoms in total. The molecule has 3 aromatic carbocycles. The Hall–Kier alpha value is -3.36. The van der Waals surface area contributed by atoms with Gasteiger partial charge in [0.1, 0.15) is 0 Å². The summed E-state index contributed by atoms with van der Waals surface area (Å²) in [6.45, 7) is 1.43. The van der Waals surface area contributed by atoms with Crippen molar-refractivity contribution in [2.75, 3.05) is 29.8 Å². The molecule has 4 rings (SSSR count). The summed E-state index contributed by atoms with van der Waals surface area (Å²) in [7, 11) is -2.34. The van der Waals surface area contributed by atoms with E-state index in [0.29, 0.717) is 27.5 Å².